The van der Waals surface area contributed by atoms with Crippen LogP contribution in [0.2, 0.25) is 0 Å². The molecular formula is C24H27ClFN3O5S. The van der Waals surface area contributed by atoms with Crippen LogP contribution in [-0.2, 0) is 14.8 Å². The summed E-state index contributed by atoms with van der Waals surface area (Å²) in [7, 11) is -2.75. The highest BCUT2D eigenvalue weighted by molar-refractivity contribution is 7.92. The fourth-order valence-corrected chi connectivity index (χ4v) is 4.90. The molecule has 2 aromatic carbocycles. The van der Waals surface area contributed by atoms with Gasteiger partial charge in [-0.1, -0.05) is 0 Å². The largest absolute Gasteiger partial charge is 0.495 e. The number of sulfonamides is 1. The number of ether oxygens (including phenoxy) is 1. The maximum Gasteiger partial charge on any atom is 0.262 e. The molecule has 4 rings (SSSR count). The van der Waals surface area contributed by atoms with Gasteiger partial charge in [-0.2, -0.15) is 0 Å². The van der Waals surface area contributed by atoms with E-state index in [2.05, 4.69) is 10.0 Å². The summed E-state index contributed by atoms with van der Waals surface area (Å²) >= 11 is 0. The number of carbonyl (C=O) groups is 1. The van der Waals surface area contributed by atoms with Crippen molar-refractivity contribution in [3.8, 4) is 17.1 Å². The smallest absolute Gasteiger partial charge is 0.262 e. The topological polar surface area (TPSA) is 101 Å². The van der Waals surface area contributed by atoms with Crippen LogP contribution in [-0.4, -0.2) is 40.1 Å². The Morgan fingerprint density at radius 2 is 1.89 bits per heavy atom. The monoisotopic (exact) mass is 523 g/mol. The summed E-state index contributed by atoms with van der Waals surface area (Å²) in [5.74, 6) is 0.323. The number of carbonyl (C=O) groups excluding carboxylic acids is 1. The highest BCUT2D eigenvalue weighted by Crippen LogP contribution is 2.34. The van der Waals surface area contributed by atoms with Gasteiger partial charge in [0.1, 0.15) is 23.1 Å². The molecule has 1 amide bonds. The Morgan fingerprint density at radius 3 is 2.51 bits per heavy atom. The molecule has 2 heterocycles. The first-order valence-electron chi connectivity index (χ1n) is 10.7. The van der Waals surface area contributed by atoms with Crippen molar-refractivity contribution in [1.82, 2.24) is 5.32 Å². The Morgan fingerprint density at radius 1 is 1.14 bits per heavy atom. The molecule has 188 valence electrons. The summed E-state index contributed by atoms with van der Waals surface area (Å²) in [5.41, 5.74) is 0.0680. The molecule has 0 radical (unpaired) electrons. The standard InChI is InChI=1S/C24H26FN3O5S.ClH/c1-15-5-9-21(33-15)18-8-7-17(14-19(18)25)34(30,31)27-20-13-16(6-10-22(20)32-4)28-12-11-26-24(2,3)23(28)29;/h5-10,13-14,26-27H,11-12H2,1-4H3;1H. The van der Waals surface area contributed by atoms with Crippen LogP contribution in [0.4, 0.5) is 15.8 Å². The first kappa shape index (κ1) is 26.5. The van der Waals surface area contributed by atoms with Gasteiger partial charge in [-0.05, 0) is 69.3 Å². The molecule has 0 bridgehead atoms. The van der Waals surface area contributed by atoms with Gasteiger partial charge in [0.2, 0.25) is 5.91 Å². The maximum atomic E-state index is 14.8. The normalized spacial score (nSPS) is 15.5. The lowest BCUT2D eigenvalue weighted by Gasteiger charge is -2.38. The van der Waals surface area contributed by atoms with Gasteiger partial charge >= 0.3 is 0 Å². The van der Waals surface area contributed by atoms with Crippen molar-refractivity contribution in [2.24, 2.45) is 0 Å². The minimum Gasteiger partial charge on any atom is -0.495 e. The number of halogens is 2. The molecule has 2 N–H and O–H groups in total. The fraction of sp³-hybridized carbons (Fsp3) is 0.292. The number of furan rings is 1. The van der Waals surface area contributed by atoms with Crippen LogP contribution in [0.3, 0.4) is 0 Å². The summed E-state index contributed by atoms with van der Waals surface area (Å²) in [6, 6.07) is 11.7. The SMILES string of the molecule is COc1ccc(N2CCNC(C)(C)C2=O)cc1NS(=O)(=O)c1ccc(-c2ccc(C)o2)c(F)c1.Cl. The Kier molecular flexibility index (Phi) is 7.49. The van der Waals surface area contributed by atoms with Crippen LogP contribution >= 0.6 is 12.4 Å². The Hall–Kier alpha value is -3.08. The van der Waals surface area contributed by atoms with E-state index in [1.807, 2.05) is 0 Å². The minimum atomic E-state index is -4.16. The van der Waals surface area contributed by atoms with Gasteiger partial charge in [0.05, 0.1) is 28.8 Å². The summed E-state index contributed by atoms with van der Waals surface area (Å²) in [6.45, 7) is 6.33. The number of methoxy groups -OCH3 is 1. The number of hydrogen-bond donors (Lipinski definition) is 2. The van der Waals surface area contributed by atoms with Crippen molar-refractivity contribution < 1.29 is 26.8 Å². The Labute approximate surface area is 209 Å². The molecule has 0 saturated carbocycles. The molecule has 1 aromatic heterocycles. The predicted octanol–water partition coefficient (Wildman–Crippen LogP) is 4.34. The van der Waals surface area contributed by atoms with Crippen LogP contribution in [0.5, 0.6) is 5.75 Å². The van der Waals surface area contributed by atoms with Gasteiger partial charge in [-0.15, -0.1) is 12.4 Å². The molecule has 8 nitrogen and oxygen atoms in total. The van der Waals surface area contributed by atoms with Crippen molar-refractivity contribution in [3.63, 3.8) is 0 Å². The van der Waals surface area contributed by atoms with Crippen LogP contribution in [0.15, 0.2) is 57.8 Å². The molecule has 1 aliphatic heterocycles. The number of benzene rings is 2. The summed E-state index contributed by atoms with van der Waals surface area (Å²) in [5, 5.41) is 3.16. The third kappa shape index (κ3) is 5.29. The minimum absolute atomic E-state index is 0. The number of piperazine rings is 1. The van der Waals surface area contributed by atoms with Crippen molar-refractivity contribution in [1.29, 1.82) is 0 Å². The lowest BCUT2D eigenvalue weighted by Crippen LogP contribution is -2.61. The van der Waals surface area contributed by atoms with E-state index in [4.69, 9.17) is 9.15 Å². The highest BCUT2D eigenvalue weighted by Gasteiger charge is 2.36. The van der Waals surface area contributed by atoms with Gasteiger partial charge < -0.3 is 19.4 Å². The number of nitrogens with one attached hydrogen (secondary N) is 2. The fourth-order valence-electron chi connectivity index (χ4n) is 3.83. The van der Waals surface area contributed by atoms with E-state index in [9.17, 15) is 17.6 Å². The van der Waals surface area contributed by atoms with Crippen LogP contribution < -0.4 is 19.7 Å². The van der Waals surface area contributed by atoms with E-state index in [1.165, 1.54) is 25.3 Å². The van der Waals surface area contributed by atoms with E-state index >= 15 is 0 Å². The first-order valence-corrected chi connectivity index (χ1v) is 12.1. The molecule has 0 atom stereocenters. The van der Waals surface area contributed by atoms with Crippen molar-refractivity contribution in [2.45, 2.75) is 31.2 Å². The number of rotatable bonds is 6. The predicted molar refractivity (Wildman–Crippen MR) is 134 cm³/mol. The number of amides is 1. The van der Waals surface area contributed by atoms with E-state index in [1.54, 1.807) is 49.9 Å². The van der Waals surface area contributed by atoms with Gasteiger partial charge in [0.15, 0.2) is 0 Å². The third-order valence-corrected chi connectivity index (χ3v) is 7.04. The van der Waals surface area contributed by atoms with Gasteiger partial charge in [0.25, 0.3) is 10.0 Å². The molecule has 3 aromatic rings. The maximum absolute atomic E-state index is 14.8. The van der Waals surface area contributed by atoms with Gasteiger partial charge in [0, 0.05) is 18.8 Å². The molecule has 1 aliphatic rings. The third-order valence-electron chi connectivity index (χ3n) is 5.68. The average molecular weight is 524 g/mol. The Bertz CT molecular complexity index is 1360. The lowest BCUT2D eigenvalue weighted by atomic mass is 10.00. The second-order valence-corrected chi connectivity index (χ2v) is 10.2. The molecule has 0 spiro atoms. The zero-order valence-corrected chi connectivity index (χ0v) is 21.3. The van der Waals surface area contributed by atoms with Gasteiger partial charge in [-0.3, -0.25) is 9.52 Å². The van der Waals surface area contributed by atoms with Gasteiger partial charge in [-0.25, -0.2) is 12.8 Å². The van der Waals surface area contributed by atoms with Crippen molar-refractivity contribution in [2.75, 3.05) is 29.8 Å². The zero-order chi connectivity index (χ0) is 24.7. The van der Waals surface area contributed by atoms with Crippen LogP contribution in [0, 0.1) is 12.7 Å². The van der Waals surface area contributed by atoms with E-state index in [-0.39, 0.29) is 40.2 Å². The highest BCUT2D eigenvalue weighted by atomic mass is 35.5. The zero-order valence-electron chi connectivity index (χ0n) is 19.7. The van der Waals surface area contributed by atoms with Crippen LogP contribution in [0.1, 0.15) is 19.6 Å². The molecule has 11 heteroatoms. The Balaban J connectivity index is 0.00000342. The van der Waals surface area contributed by atoms with E-state index in [0.717, 1.165) is 6.07 Å². The number of anilines is 2. The summed E-state index contributed by atoms with van der Waals surface area (Å²) in [6.07, 6.45) is 0. The van der Waals surface area contributed by atoms with E-state index < -0.39 is 21.4 Å². The summed E-state index contributed by atoms with van der Waals surface area (Å²) in [4.78, 5) is 14.2. The quantitative estimate of drug-likeness (QED) is 0.498. The number of aryl methyl sites for hydroxylation is 1. The first-order chi connectivity index (χ1) is 16.0. The second-order valence-electron chi connectivity index (χ2n) is 8.55. The number of nitrogens with zero attached hydrogens (tertiary/aromatic N) is 1. The molecule has 0 aliphatic carbocycles. The molecule has 1 fully saturated rings. The van der Waals surface area contributed by atoms with E-state index in [0.29, 0.717) is 30.3 Å². The second kappa shape index (κ2) is 9.88. The van der Waals surface area contributed by atoms with Crippen LogP contribution in [0.25, 0.3) is 11.3 Å². The molecule has 1 saturated heterocycles. The molecular weight excluding hydrogens is 497 g/mol. The van der Waals surface area contributed by atoms with Crippen molar-refractivity contribution in [3.05, 3.63) is 60.1 Å². The number of hydrogen-bond acceptors (Lipinski definition) is 6. The molecule has 0 unspecified atom stereocenters. The summed E-state index contributed by atoms with van der Waals surface area (Å²) < 4.78 is 54.1. The lowest BCUT2D eigenvalue weighted by molar-refractivity contribution is -0.124. The average Bonchev–Trinajstić information content (AvgIpc) is 3.21. The molecule has 35 heavy (non-hydrogen) atoms. The van der Waals surface area contributed by atoms with Crippen molar-refractivity contribution >= 4 is 39.7 Å².